The molecule has 7 nitrogen and oxygen atoms in total. The standard InChI is InChI=1S/C24H37N3O4/c1-16-13-27(17(2)15-28)24(30)19-11-8-12-20(22(19)31-21(16)14-26(3)4)25-23(29)18-9-6-5-7-10-18/h8,11-12,16-18,21,28H,5-7,9-10,13-15H2,1-4H3,(H,25,29)/t16-,17-,21-/m0/s1. The third kappa shape index (κ3) is 5.57. The van der Waals surface area contributed by atoms with Crippen LogP contribution in [0.4, 0.5) is 5.69 Å². The van der Waals surface area contributed by atoms with E-state index < -0.39 is 0 Å². The second-order valence-electron chi connectivity index (χ2n) is 9.39. The third-order valence-electron chi connectivity index (χ3n) is 6.47. The fraction of sp³-hybridized carbons (Fsp3) is 0.667. The van der Waals surface area contributed by atoms with Crippen molar-refractivity contribution in [2.75, 3.05) is 39.1 Å². The van der Waals surface area contributed by atoms with Crippen molar-refractivity contribution in [3.8, 4) is 5.75 Å². The predicted octanol–water partition coefficient (Wildman–Crippen LogP) is 2.99. The molecule has 7 heteroatoms. The summed E-state index contributed by atoms with van der Waals surface area (Å²) in [5, 5.41) is 12.8. The molecule has 1 fully saturated rings. The Morgan fingerprint density at radius 1 is 1.29 bits per heavy atom. The van der Waals surface area contributed by atoms with E-state index in [1.165, 1.54) is 6.42 Å². The number of anilines is 1. The lowest BCUT2D eigenvalue weighted by atomic mass is 9.88. The van der Waals surface area contributed by atoms with E-state index in [2.05, 4.69) is 17.1 Å². The maximum Gasteiger partial charge on any atom is 0.258 e. The number of aliphatic hydroxyl groups excluding tert-OH is 1. The number of para-hydroxylation sites is 1. The summed E-state index contributed by atoms with van der Waals surface area (Å²) in [6.07, 6.45) is 4.99. The average Bonchev–Trinajstić information content (AvgIpc) is 2.76. The van der Waals surface area contributed by atoms with Crippen LogP contribution in [-0.4, -0.2) is 72.7 Å². The predicted molar refractivity (Wildman–Crippen MR) is 121 cm³/mol. The fourth-order valence-corrected chi connectivity index (χ4v) is 4.52. The summed E-state index contributed by atoms with van der Waals surface area (Å²) < 4.78 is 6.45. The molecule has 1 aliphatic carbocycles. The van der Waals surface area contributed by atoms with Crippen molar-refractivity contribution in [1.82, 2.24) is 9.80 Å². The molecule has 0 aromatic heterocycles. The second-order valence-corrected chi connectivity index (χ2v) is 9.39. The lowest BCUT2D eigenvalue weighted by molar-refractivity contribution is -0.120. The van der Waals surface area contributed by atoms with Gasteiger partial charge in [0.15, 0.2) is 5.75 Å². The number of aliphatic hydroxyl groups is 1. The summed E-state index contributed by atoms with van der Waals surface area (Å²) in [6, 6.07) is 5.03. The van der Waals surface area contributed by atoms with Crippen LogP contribution in [0.1, 0.15) is 56.3 Å². The molecular formula is C24H37N3O4. The second kappa shape index (κ2) is 10.5. The molecule has 2 amide bonds. The summed E-state index contributed by atoms with van der Waals surface area (Å²) in [5.41, 5.74) is 0.980. The Morgan fingerprint density at radius 2 is 2.00 bits per heavy atom. The Balaban J connectivity index is 1.97. The molecule has 2 aliphatic rings. The van der Waals surface area contributed by atoms with Crippen molar-refractivity contribution < 1.29 is 19.4 Å². The van der Waals surface area contributed by atoms with Crippen LogP contribution in [0.3, 0.4) is 0 Å². The minimum absolute atomic E-state index is 0.00370. The molecule has 0 spiro atoms. The van der Waals surface area contributed by atoms with Crippen molar-refractivity contribution in [2.24, 2.45) is 11.8 Å². The van der Waals surface area contributed by atoms with Gasteiger partial charge in [0.25, 0.3) is 5.91 Å². The monoisotopic (exact) mass is 431 g/mol. The van der Waals surface area contributed by atoms with Crippen LogP contribution in [0.5, 0.6) is 5.75 Å². The highest BCUT2D eigenvalue weighted by molar-refractivity contribution is 6.02. The lowest BCUT2D eigenvalue weighted by Crippen LogP contribution is -2.49. The number of likely N-dealkylation sites (N-methyl/N-ethyl adjacent to an activating group) is 1. The molecule has 2 N–H and O–H groups in total. The highest BCUT2D eigenvalue weighted by Crippen LogP contribution is 2.36. The molecule has 1 aromatic carbocycles. The minimum atomic E-state index is -0.304. The van der Waals surface area contributed by atoms with E-state index in [0.29, 0.717) is 30.1 Å². The van der Waals surface area contributed by atoms with Gasteiger partial charge in [-0.05, 0) is 46.0 Å². The van der Waals surface area contributed by atoms with Crippen molar-refractivity contribution in [3.63, 3.8) is 0 Å². The summed E-state index contributed by atoms with van der Waals surface area (Å²) in [7, 11) is 3.98. The highest BCUT2D eigenvalue weighted by atomic mass is 16.5. The first kappa shape index (κ1) is 23.5. The lowest BCUT2D eigenvalue weighted by Gasteiger charge is -2.38. The number of nitrogens with one attached hydrogen (secondary N) is 1. The molecule has 0 unspecified atom stereocenters. The Labute approximate surface area is 185 Å². The van der Waals surface area contributed by atoms with E-state index in [1.807, 2.05) is 27.1 Å². The molecule has 1 heterocycles. The third-order valence-corrected chi connectivity index (χ3v) is 6.47. The molecule has 3 atom stereocenters. The number of hydrogen-bond acceptors (Lipinski definition) is 5. The molecule has 172 valence electrons. The number of nitrogens with zero attached hydrogens (tertiary/aromatic N) is 2. The number of carbonyl (C=O) groups is 2. The number of fused-ring (bicyclic) bond motifs is 1. The molecule has 0 saturated heterocycles. The van der Waals surface area contributed by atoms with E-state index in [-0.39, 0.29) is 42.4 Å². The summed E-state index contributed by atoms with van der Waals surface area (Å²) in [5.74, 6) is 0.321. The van der Waals surface area contributed by atoms with Crippen LogP contribution in [-0.2, 0) is 4.79 Å². The number of amides is 2. The molecule has 0 radical (unpaired) electrons. The largest absolute Gasteiger partial charge is 0.486 e. The van der Waals surface area contributed by atoms with Crippen LogP contribution in [0.15, 0.2) is 18.2 Å². The van der Waals surface area contributed by atoms with Gasteiger partial charge in [0.1, 0.15) is 6.10 Å². The van der Waals surface area contributed by atoms with E-state index in [9.17, 15) is 14.7 Å². The van der Waals surface area contributed by atoms with Crippen molar-refractivity contribution in [1.29, 1.82) is 0 Å². The zero-order chi connectivity index (χ0) is 22.5. The minimum Gasteiger partial charge on any atom is -0.486 e. The van der Waals surface area contributed by atoms with Gasteiger partial charge in [0.2, 0.25) is 5.91 Å². The number of hydrogen-bond donors (Lipinski definition) is 2. The fourth-order valence-electron chi connectivity index (χ4n) is 4.52. The van der Waals surface area contributed by atoms with Crippen LogP contribution < -0.4 is 10.1 Å². The number of carbonyl (C=O) groups excluding carboxylic acids is 2. The van der Waals surface area contributed by atoms with Crippen molar-refractivity contribution in [3.05, 3.63) is 23.8 Å². The Bertz CT molecular complexity index is 776. The van der Waals surface area contributed by atoms with Gasteiger partial charge in [0, 0.05) is 24.9 Å². The molecule has 1 saturated carbocycles. The zero-order valence-corrected chi connectivity index (χ0v) is 19.3. The van der Waals surface area contributed by atoms with Gasteiger partial charge in [0.05, 0.1) is 23.9 Å². The van der Waals surface area contributed by atoms with E-state index in [0.717, 1.165) is 25.7 Å². The van der Waals surface area contributed by atoms with Crippen molar-refractivity contribution in [2.45, 2.75) is 58.1 Å². The van der Waals surface area contributed by atoms with E-state index in [1.54, 1.807) is 17.0 Å². The Hall–Kier alpha value is -2.12. The van der Waals surface area contributed by atoms with Gasteiger partial charge < -0.3 is 25.0 Å². The molecule has 0 bridgehead atoms. The van der Waals surface area contributed by atoms with Gasteiger partial charge in [-0.25, -0.2) is 0 Å². The van der Waals surface area contributed by atoms with Crippen molar-refractivity contribution >= 4 is 17.5 Å². The highest BCUT2D eigenvalue weighted by Gasteiger charge is 2.34. The smallest absolute Gasteiger partial charge is 0.258 e. The molecule has 1 aliphatic heterocycles. The zero-order valence-electron chi connectivity index (χ0n) is 19.3. The first-order chi connectivity index (χ1) is 14.8. The quantitative estimate of drug-likeness (QED) is 0.724. The number of ether oxygens (including phenoxy) is 1. The summed E-state index contributed by atoms with van der Waals surface area (Å²) in [4.78, 5) is 30.1. The maximum absolute atomic E-state index is 13.4. The van der Waals surface area contributed by atoms with Gasteiger partial charge in [-0.1, -0.05) is 32.3 Å². The summed E-state index contributed by atoms with van der Waals surface area (Å²) in [6.45, 7) is 4.98. The normalized spacial score (nSPS) is 23.5. The van der Waals surface area contributed by atoms with Gasteiger partial charge >= 0.3 is 0 Å². The SMILES string of the molecule is C[C@H]1CN([C@@H](C)CO)C(=O)c2cccc(NC(=O)C3CCCCC3)c2O[C@H]1CN(C)C. The van der Waals surface area contributed by atoms with Crippen LogP contribution in [0, 0.1) is 11.8 Å². The van der Waals surface area contributed by atoms with Gasteiger partial charge in [-0.2, -0.15) is 0 Å². The Kier molecular flexibility index (Phi) is 7.94. The number of benzene rings is 1. The number of rotatable bonds is 6. The van der Waals surface area contributed by atoms with E-state index in [4.69, 9.17) is 4.74 Å². The average molecular weight is 432 g/mol. The van der Waals surface area contributed by atoms with Crippen LogP contribution in [0.2, 0.25) is 0 Å². The molecule has 3 rings (SSSR count). The van der Waals surface area contributed by atoms with Gasteiger partial charge in [-0.15, -0.1) is 0 Å². The first-order valence-electron chi connectivity index (χ1n) is 11.5. The van der Waals surface area contributed by atoms with Crippen LogP contribution >= 0.6 is 0 Å². The summed E-state index contributed by atoms with van der Waals surface area (Å²) >= 11 is 0. The van der Waals surface area contributed by atoms with Crippen LogP contribution in [0.25, 0.3) is 0 Å². The molecule has 31 heavy (non-hydrogen) atoms. The Morgan fingerprint density at radius 3 is 2.65 bits per heavy atom. The molecular weight excluding hydrogens is 394 g/mol. The van der Waals surface area contributed by atoms with E-state index >= 15 is 0 Å². The first-order valence-corrected chi connectivity index (χ1v) is 11.5. The van der Waals surface area contributed by atoms with Gasteiger partial charge in [-0.3, -0.25) is 9.59 Å². The maximum atomic E-state index is 13.4. The topological polar surface area (TPSA) is 82.1 Å². The molecule has 1 aromatic rings.